The Morgan fingerprint density at radius 1 is 0.938 bits per heavy atom. The highest BCUT2D eigenvalue weighted by Gasteiger charge is 2.41. The third-order valence-corrected chi connectivity index (χ3v) is 12.7. The minimum Gasteiger partial charge on any atom is -0.339 e. The number of carbonyl (C=O) groups is 1. The first-order valence-electron chi connectivity index (χ1n) is 17.5. The van der Waals surface area contributed by atoms with Gasteiger partial charge in [-0.3, -0.25) is 9.69 Å². The number of sulfonamides is 1. The van der Waals surface area contributed by atoms with Crippen LogP contribution in [0.25, 0.3) is 11.0 Å². The topological polar surface area (TPSA) is 87.5 Å². The van der Waals surface area contributed by atoms with Crippen LogP contribution < -0.4 is 4.72 Å². The smallest absolute Gasteiger partial charge is 0.255 e. The van der Waals surface area contributed by atoms with Gasteiger partial charge in [0.25, 0.3) is 5.91 Å². The van der Waals surface area contributed by atoms with Gasteiger partial charge in [-0.15, -0.1) is 0 Å². The number of carbonyl (C=O) groups excluding carboxylic acids is 1. The lowest BCUT2D eigenvalue weighted by Gasteiger charge is -2.40. The Hall–Kier alpha value is -3.24. The number of amides is 1. The van der Waals surface area contributed by atoms with E-state index >= 15 is 0 Å². The fourth-order valence-electron chi connectivity index (χ4n) is 8.53. The van der Waals surface area contributed by atoms with E-state index in [-0.39, 0.29) is 22.4 Å². The summed E-state index contributed by atoms with van der Waals surface area (Å²) < 4.78 is 31.0. The normalized spacial score (nSPS) is 22.2. The number of nitrogens with zero attached hydrogens (tertiary/aromatic N) is 4. The van der Waals surface area contributed by atoms with Crippen LogP contribution in [0.5, 0.6) is 0 Å². The molecule has 0 spiro atoms. The SMILES string of the molecule is Cc1nc2ccccc2n1C1CC2CCC(C1)N2CCc1ccc(C2CCN(C(=O)c3cc(Cl)ccc3S(=O)(=O)NC(C)C)CC2)cc1. The molecular formula is C38H46ClN5O3S. The maximum atomic E-state index is 13.6. The molecule has 7 rings (SSSR count). The van der Waals surface area contributed by atoms with Crippen molar-refractivity contribution in [2.75, 3.05) is 19.6 Å². The van der Waals surface area contributed by atoms with Gasteiger partial charge in [-0.05, 0) is 113 Å². The van der Waals surface area contributed by atoms with Crippen molar-refractivity contribution in [2.24, 2.45) is 0 Å². The van der Waals surface area contributed by atoms with E-state index in [1.165, 1.54) is 60.5 Å². The average Bonchev–Trinajstić information content (AvgIpc) is 3.53. The monoisotopic (exact) mass is 687 g/mol. The second kappa shape index (κ2) is 13.6. The molecule has 48 heavy (non-hydrogen) atoms. The van der Waals surface area contributed by atoms with E-state index in [1.54, 1.807) is 18.7 Å². The maximum absolute atomic E-state index is 13.6. The highest BCUT2D eigenvalue weighted by molar-refractivity contribution is 7.89. The van der Waals surface area contributed by atoms with Gasteiger partial charge in [0.15, 0.2) is 0 Å². The number of aryl methyl sites for hydroxylation is 1. The zero-order valence-corrected chi connectivity index (χ0v) is 29.7. The van der Waals surface area contributed by atoms with Crippen LogP contribution in [0.3, 0.4) is 0 Å². The lowest BCUT2D eigenvalue weighted by molar-refractivity contribution is 0.0709. The Bertz CT molecular complexity index is 1890. The molecule has 4 heterocycles. The summed E-state index contributed by atoms with van der Waals surface area (Å²) in [5.41, 5.74) is 5.18. The molecule has 1 amide bonds. The Labute approximate surface area is 289 Å². The molecule has 3 aliphatic heterocycles. The molecular weight excluding hydrogens is 642 g/mol. The lowest BCUT2D eigenvalue weighted by Crippen LogP contribution is -2.44. The third kappa shape index (κ3) is 6.67. The molecule has 3 saturated heterocycles. The molecule has 0 aliphatic carbocycles. The zero-order valence-electron chi connectivity index (χ0n) is 28.1. The standard InChI is InChI=1S/C38H46ClN5O3S/c1-25(2)41-48(46,47)37-15-12-30(39)22-34(37)38(45)42-19-17-29(18-20-42)28-10-8-27(9-11-28)16-21-43-31-13-14-32(43)24-33(23-31)44-26(3)40-35-6-4-5-7-36(35)44/h4-12,15,22,25,29,31-33,41H,13-14,16-21,23-24H2,1-3H3. The number of hydrogen-bond donors (Lipinski definition) is 1. The van der Waals surface area contributed by atoms with E-state index < -0.39 is 10.0 Å². The summed E-state index contributed by atoms with van der Waals surface area (Å²) in [5.74, 6) is 1.21. The summed E-state index contributed by atoms with van der Waals surface area (Å²) in [6.07, 6.45) is 7.69. The average molecular weight is 688 g/mol. The van der Waals surface area contributed by atoms with E-state index in [1.807, 2.05) is 0 Å². The predicted molar refractivity (Wildman–Crippen MR) is 191 cm³/mol. The summed E-state index contributed by atoms with van der Waals surface area (Å²) in [6, 6.07) is 23.6. The van der Waals surface area contributed by atoms with Gasteiger partial charge in [-0.1, -0.05) is 48.0 Å². The van der Waals surface area contributed by atoms with Crippen molar-refractivity contribution in [3.63, 3.8) is 0 Å². The number of piperidine rings is 2. The van der Waals surface area contributed by atoms with E-state index in [0.717, 1.165) is 37.1 Å². The van der Waals surface area contributed by atoms with Crippen molar-refractivity contribution in [1.82, 2.24) is 24.1 Å². The molecule has 1 N–H and O–H groups in total. The molecule has 1 aromatic heterocycles. The van der Waals surface area contributed by atoms with Crippen LogP contribution >= 0.6 is 11.6 Å². The van der Waals surface area contributed by atoms with Gasteiger partial charge in [0.2, 0.25) is 10.0 Å². The number of likely N-dealkylation sites (tertiary alicyclic amines) is 1. The second-order valence-corrected chi connectivity index (χ2v) is 16.4. The van der Waals surface area contributed by atoms with Crippen molar-refractivity contribution < 1.29 is 13.2 Å². The fourth-order valence-corrected chi connectivity index (χ4v) is 10.1. The highest BCUT2D eigenvalue weighted by atomic mass is 35.5. The minimum atomic E-state index is -3.85. The quantitative estimate of drug-likeness (QED) is 0.203. The molecule has 10 heteroatoms. The van der Waals surface area contributed by atoms with Crippen molar-refractivity contribution >= 4 is 38.6 Å². The number of imidazole rings is 1. The number of rotatable bonds is 9. The van der Waals surface area contributed by atoms with Crippen molar-refractivity contribution in [3.05, 3.63) is 94.3 Å². The molecule has 0 radical (unpaired) electrons. The van der Waals surface area contributed by atoms with Crippen LogP contribution in [0.2, 0.25) is 5.02 Å². The van der Waals surface area contributed by atoms with Gasteiger partial charge >= 0.3 is 0 Å². The van der Waals surface area contributed by atoms with E-state index in [9.17, 15) is 13.2 Å². The number of fused-ring (bicyclic) bond motifs is 3. The van der Waals surface area contributed by atoms with Crippen molar-refractivity contribution in [3.8, 4) is 0 Å². The molecule has 3 aromatic carbocycles. The van der Waals surface area contributed by atoms with Gasteiger partial charge < -0.3 is 9.47 Å². The molecule has 2 unspecified atom stereocenters. The van der Waals surface area contributed by atoms with Gasteiger partial charge in [0, 0.05) is 48.8 Å². The zero-order chi connectivity index (χ0) is 33.6. The summed E-state index contributed by atoms with van der Waals surface area (Å²) in [6.45, 7) is 7.90. The van der Waals surface area contributed by atoms with Crippen molar-refractivity contribution in [2.45, 2.75) is 101 Å². The number of aromatic nitrogens is 2. The molecule has 3 fully saturated rings. The largest absolute Gasteiger partial charge is 0.339 e. The van der Waals surface area contributed by atoms with Crippen LogP contribution in [0.15, 0.2) is 71.6 Å². The van der Waals surface area contributed by atoms with Gasteiger partial charge in [-0.25, -0.2) is 18.1 Å². The number of hydrogen-bond acceptors (Lipinski definition) is 5. The summed E-state index contributed by atoms with van der Waals surface area (Å²) in [7, 11) is -3.85. The van der Waals surface area contributed by atoms with Crippen LogP contribution in [0.1, 0.15) is 91.6 Å². The number of para-hydroxylation sites is 2. The Morgan fingerprint density at radius 3 is 2.31 bits per heavy atom. The summed E-state index contributed by atoms with van der Waals surface area (Å²) in [4.78, 5) is 22.9. The molecule has 2 bridgehead atoms. The molecule has 254 valence electrons. The van der Waals surface area contributed by atoms with Gasteiger partial charge in [0.1, 0.15) is 5.82 Å². The van der Waals surface area contributed by atoms with Crippen molar-refractivity contribution in [1.29, 1.82) is 0 Å². The summed E-state index contributed by atoms with van der Waals surface area (Å²) in [5, 5.41) is 0.340. The lowest BCUT2D eigenvalue weighted by atomic mass is 9.88. The Balaban J connectivity index is 0.937. The predicted octanol–water partition coefficient (Wildman–Crippen LogP) is 7.12. The molecule has 3 aliphatic rings. The molecule has 0 saturated carbocycles. The van der Waals surface area contributed by atoms with Gasteiger partial charge in [-0.2, -0.15) is 0 Å². The first-order valence-corrected chi connectivity index (χ1v) is 19.3. The molecule has 8 nitrogen and oxygen atoms in total. The minimum absolute atomic E-state index is 0.0254. The van der Waals surface area contributed by atoms with E-state index in [2.05, 4.69) is 69.6 Å². The third-order valence-electron chi connectivity index (χ3n) is 10.7. The molecule has 2 atom stereocenters. The second-order valence-electron chi connectivity index (χ2n) is 14.2. The van der Waals surface area contributed by atoms with Crippen LogP contribution in [-0.4, -0.2) is 71.4 Å². The van der Waals surface area contributed by atoms with E-state index in [0.29, 0.717) is 42.2 Å². The Kier molecular flexibility index (Phi) is 9.41. The number of halogens is 1. The van der Waals surface area contributed by atoms with Crippen LogP contribution in [0.4, 0.5) is 0 Å². The van der Waals surface area contributed by atoms with Gasteiger partial charge in [0.05, 0.1) is 21.5 Å². The fraction of sp³-hybridized carbons (Fsp3) is 0.474. The first-order chi connectivity index (χ1) is 23.1. The number of nitrogens with one attached hydrogen (secondary N) is 1. The summed E-state index contributed by atoms with van der Waals surface area (Å²) >= 11 is 6.21. The highest BCUT2D eigenvalue weighted by Crippen LogP contribution is 2.42. The first kappa shape index (κ1) is 33.3. The number of benzene rings is 3. The van der Waals surface area contributed by atoms with Crippen LogP contribution in [0, 0.1) is 6.92 Å². The Morgan fingerprint density at radius 2 is 1.62 bits per heavy atom. The molecule has 4 aromatic rings. The maximum Gasteiger partial charge on any atom is 0.255 e. The van der Waals surface area contributed by atoms with Crippen LogP contribution in [-0.2, 0) is 16.4 Å². The van der Waals surface area contributed by atoms with E-state index in [4.69, 9.17) is 16.6 Å².